The number of halogens is 1. The van der Waals surface area contributed by atoms with Gasteiger partial charge in [0.1, 0.15) is 0 Å². The summed E-state index contributed by atoms with van der Waals surface area (Å²) in [6.07, 6.45) is 9.77. The molecule has 2 fully saturated rings. The standard InChI is InChI=1S/C18H26ClN/c1-2-18(14-8-10-16(19)11-9-14)20-17-5-3-4-15(12-17)13-6-7-13/h8-11,13,15,17-18,20H,2-7,12H2,1H3. The fraction of sp³-hybridized carbons (Fsp3) is 0.667. The highest BCUT2D eigenvalue weighted by molar-refractivity contribution is 6.30. The molecular formula is C18H26ClN. The van der Waals surface area contributed by atoms with E-state index in [1.165, 1.54) is 44.1 Å². The third kappa shape index (κ3) is 3.56. The van der Waals surface area contributed by atoms with Crippen molar-refractivity contribution in [1.82, 2.24) is 5.32 Å². The molecule has 2 aliphatic rings. The van der Waals surface area contributed by atoms with Crippen LogP contribution in [0.4, 0.5) is 0 Å². The van der Waals surface area contributed by atoms with Crippen LogP contribution in [0.1, 0.15) is 63.5 Å². The summed E-state index contributed by atoms with van der Waals surface area (Å²) in [7, 11) is 0. The minimum atomic E-state index is 0.482. The van der Waals surface area contributed by atoms with Crippen LogP contribution in [0.25, 0.3) is 0 Å². The Hall–Kier alpha value is -0.530. The molecule has 3 rings (SSSR count). The van der Waals surface area contributed by atoms with Gasteiger partial charge in [0.15, 0.2) is 0 Å². The summed E-state index contributed by atoms with van der Waals surface area (Å²) in [6, 6.07) is 9.56. The van der Waals surface area contributed by atoms with Crippen LogP contribution >= 0.6 is 11.6 Å². The zero-order chi connectivity index (χ0) is 13.9. The van der Waals surface area contributed by atoms with Crippen LogP contribution in [-0.2, 0) is 0 Å². The van der Waals surface area contributed by atoms with E-state index in [1.807, 2.05) is 12.1 Å². The molecule has 0 heterocycles. The van der Waals surface area contributed by atoms with Crippen molar-refractivity contribution in [2.24, 2.45) is 11.8 Å². The predicted octanol–water partition coefficient (Wildman–Crippen LogP) is 5.35. The average Bonchev–Trinajstić information content (AvgIpc) is 3.31. The topological polar surface area (TPSA) is 12.0 Å². The first-order valence-electron chi connectivity index (χ1n) is 8.27. The van der Waals surface area contributed by atoms with Crippen molar-refractivity contribution in [2.45, 2.75) is 64.0 Å². The third-order valence-corrected chi connectivity index (χ3v) is 5.37. The van der Waals surface area contributed by atoms with Gasteiger partial charge in [-0.05, 0) is 61.6 Å². The molecule has 2 saturated carbocycles. The average molecular weight is 292 g/mol. The van der Waals surface area contributed by atoms with Crippen molar-refractivity contribution in [1.29, 1.82) is 0 Å². The van der Waals surface area contributed by atoms with Gasteiger partial charge in [-0.25, -0.2) is 0 Å². The molecule has 1 N–H and O–H groups in total. The van der Waals surface area contributed by atoms with Gasteiger partial charge in [-0.2, -0.15) is 0 Å². The van der Waals surface area contributed by atoms with E-state index in [9.17, 15) is 0 Å². The van der Waals surface area contributed by atoms with E-state index >= 15 is 0 Å². The van der Waals surface area contributed by atoms with Gasteiger partial charge in [-0.3, -0.25) is 0 Å². The monoisotopic (exact) mass is 291 g/mol. The zero-order valence-corrected chi connectivity index (χ0v) is 13.2. The van der Waals surface area contributed by atoms with E-state index in [2.05, 4.69) is 24.4 Å². The van der Waals surface area contributed by atoms with Crippen LogP contribution in [0.3, 0.4) is 0 Å². The summed E-state index contributed by atoms with van der Waals surface area (Å²) in [6.45, 7) is 2.27. The van der Waals surface area contributed by atoms with Crippen molar-refractivity contribution in [3.8, 4) is 0 Å². The zero-order valence-electron chi connectivity index (χ0n) is 12.4. The molecule has 0 bridgehead atoms. The number of benzene rings is 1. The van der Waals surface area contributed by atoms with Crippen LogP contribution in [0.2, 0.25) is 5.02 Å². The fourth-order valence-corrected chi connectivity index (χ4v) is 3.93. The third-order valence-electron chi connectivity index (χ3n) is 5.12. The number of rotatable bonds is 5. The first kappa shape index (κ1) is 14.4. The lowest BCUT2D eigenvalue weighted by Crippen LogP contribution is -2.37. The molecule has 110 valence electrons. The van der Waals surface area contributed by atoms with Crippen molar-refractivity contribution < 1.29 is 0 Å². The largest absolute Gasteiger partial charge is 0.307 e. The van der Waals surface area contributed by atoms with Crippen molar-refractivity contribution in [2.75, 3.05) is 0 Å². The minimum Gasteiger partial charge on any atom is -0.307 e. The Bertz CT molecular complexity index is 424. The minimum absolute atomic E-state index is 0.482. The van der Waals surface area contributed by atoms with Gasteiger partial charge in [0, 0.05) is 17.1 Å². The van der Waals surface area contributed by atoms with Crippen molar-refractivity contribution in [3.05, 3.63) is 34.9 Å². The summed E-state index contributed by atoms with van der Waals surface area (Å²) >= 11 is 5.99. The highest BCUT2D eigenvalue weighted by Gasteiger charge is 2.35. The first-order valence-corrected chi connectivity index (χ1v) is 8.65. The van der Waals surface area contributed by atoms with Crippen molar-refractivity contribution in [3.63, 3.8) is 0 Å². The van der Waals surface area contributed by atoms with Crippen LogP contribution < -0.4 is 5.32 Å². The quantitative estimate of drug-likeness (QED) is 0.771. The van der Waals surface area contributed by atoms with E-state index in [0.29, 0.717) is 6.04 Å². The van der Waals surface area contributed by atoms with E-state index < -0.39 is 0 Å². The van der Waals surface area contributed by atoms with Crippen molar-refractivity contribution >= 4 is 11.6 Å². The molecule has 0 amide bonds. The summed E-state index contributed by atoms with van der Waals surface area (Å²) in [5.41, 5.74) is 1.38. The Balaban J connectivity index is 1.60. The maximum atomic E-state index is 5.99. The second-order valence-corrected chi connectivity index (χ2v) is 7.08. The summed E-state index contributed by atoms with van der Waals surface area (Å²) in [4.78, 5) is 0. The molecule has 2 heteroatoms. The van der Waals surface area contributed by atoms with Gasteiger partial charge in [0.2, 0.25) is 0 Å². The lowest BCUT2D eigenvalue weighted by Gasteiger charge is -2.33. The normalized spacial score (nSPS) is 28.3. The van der Waals surface area contributed by atoms with Crippen LogP contribution in [-0.4, -0.2) is 6.04 Å². The summed E-state index contributed by atoms with van der Waals surface area (Å²) in [5.74, 6) is 2.07. The van der Waals surface area contributed by atoms with E-state index in [1.54, 1.807) is 0 Å². The molecule has 0 aliphatic heterocycles. The van der Waals surface area contributed by atoms with E-state index in [-0.39, 0.29) is 0 Å². The van der Waals surface area contributed by atoms with Crippen LogP contribution in [0.15, 0.2) is 24.3 Å². The molecule has 1 aromatic rings. The van der Waals surface area contributed by atoms with Gasteiger partial charge in [-0.1, -0.05) is 43.5 Å². The molecule has 2 aliphatic carbocycles. The van der Waals surface area contributed by atoms with E-state index in [4.69, 9.17) is 11.6 Å². The molecule has 0 aromatic heterocycles. The Kier molecular flexibility index (Phi) is 4.68. The van der Waals surface area contributed by atoms with Crippen LogP contribution in [0, 0.1) is 11.8 Å². The molecule has 0 saturated heterocycles. The lowest BCUT2D eigenvalue weighted by atomic mass is 9.82. The fourth-order valence-electron chi connectivity index (χ4n) is 3.80. The maximum Gasteiger partial charge on any atom is 0.0406 e. The molecule has 0 radical (unpaired) electrons. The predicted molar refractivity (Wildman–Crippen MR) is 86.1 cm³/mol. The smallest absolute Gasteiger partial charge is 0.0406 e. The Morgan fingerprint density at radius 3 is 2.50 bits per heavy atom. The molecule has 0 spiro atoms. The highest BCUT2D eigenvalue weighted by Crippen LogP contribution is 2.44. The highest BCUT2D eigenvalue weighted by atomic mass is 35.5. The maximum absolute atomic E-state index is 5.99. The van der Waals surface area contributed by atoms with Gasteiger partial charge in [0.05, 0.1) is 0 Å². The van der Waals surface area contributed by atoms with Gasteiger partial charge in [-0.15, -0.1) is 0 Å². The van der Waals surface area contributed by atoms with Crippen LogP contribution in [0.5, 0.6) is 0 Å². The Morgan fingerprint density at radius 1 is 1.10 bits per heavy atom. The molecule has 1 nitrogen and oxygen atoms in total. The number of hydrogen-bond donors (Lipinski definition) is 1. The molecule has 3 unspecified atom stereocenters. The van der Waals surface area contributed by atoms with Gasteiger partial charge in [0.25, 0.3) is 0 Å². The van der Waals surface area contributed by atoms with Gasteiger partial charge < -0.3 is 5.32 Å². The SMILES string of the molecule is CCC(NC1CCCC(C2CC2)C1)c1ccc(Cl)cc1. The molecule has 1 aromatic carbocycles. The molecule has 3 atom stereocenters. The summed E-state index contributed by atoms with van der Waals surface area (Å²) in [5, 5.41) is 4.74. The summed E-state index contributed by atoms with van der Waals surface area (Å²) < 4.78 is 0. The Labute approximate surface area is 128 Å². The number of nitrogens with one attached hydrogen (secondary N) is 1. The van der Waals surface area contributed by atoms with E-state index in [0.717, 1.165) is 29.3 Å². The van der Waals surface area contributed by atoms with Gasteiger partial charge >= 0.3 is 0 Å². The Morgan fingerprint density at radius 2 is 1.85 bits per heavy atom. The lowest BCUT2D eigenvalue weighted by molar-refractivity contribution is 0.244. The second kappa shape index (κ2) is 6.49. The molecular weight excluding hydrogens is 266 g/mol. The molecule has 20 heavy (non-hydrogen) atoms. The second-order valence-electron chi connectivity index (χ2n) is 6.64. The number of hydrogen-bond acceptors (Lipinski definition) is 1. The first-order chi connectivity index (χ1) is 9.76.